The molecule has 0 atom stereocenters. The zero-order valence-corrected chi connectivity index (χ0v) is 18.3. The van der Waals surface area contributed by atoms with E-state index >= 15 is 0 Å². The van der Waals surface area contributed by atoms with Gasteiger partial charge in [0.15, 0.2) is 0 Å². The molecular weight excluding hydrogens is 416 g/mol. The monoisotopic (exact) mass is 444 g/mol. The number of fused-ring (bicyclic) bond motifs is 1. The van der Waals surface area contributed by atoms with Crippen molar-refractivity contribution in [1.82, 2.24) is 14.5 Å². The van der Waals surface area contributed by atoms with Gasteiger partial charge in [0.25, 0.3) is 10.0 Å². The second kappa shape index (κ2) is 9.65. The van der Waals surface area contributed by atoms with Crippen LogP contribution in [0.15, 0.2) is 57.0 Å². The minimum absolute atomic E-state index is 0.210. The number of carbonyl (C=O) groups excluding carboxylic acids is 1. The number of piperazine rings is 1. The summed E-state index contributed by atoms with van der Waals surface area (Å²) in [7, 11) is -3.48. The minimum Gasteiger partial charge on any atom is -0.468 e. The van der Waals surface area contributed by atoms with Gasteiger partial charge in [-0.1, -0.05) is 18.6 Å². The molecule has 2 aromatic rings. The van der Waals surface area contributed by atoms with Crippen LogP contribution in [0.5, 0.6) is 0 Å². The number of sulfonamides is 1. The van der Waals surface area contributed by atoms with Crippen molar-refractivity contribution in [2.75, 3.05) is 32.7 Å². The number of hydrogen-bond acceptors (Lipinski definition) is 6. The van der Waals surface area contributed by atoms with Crippen LogP contribution in [0.1, 0.15) is 37.0 Å². The summed E-state index contributed by atoms with van der Waals surface area (Å²) in [5, 5.41) is 0. The van der Waals surface area contributed by atoms with Gasteiger partial charge >= 0.3 is 0 Å². The molecule has 166 valence electrons. The first kappa shape index (κ1) is 21.6. The van der Waals surface area contributed by atoms with Crippen molar-refractivity contribution in [2.24, 2.45) is 4.99 Å². The number of rotatable bonds is 8. The first-order valence-electron chi connectivity index (χ1n) is 10.7. The number of hydrogen-bond donors (Lipinski definition) is 1. The van der Waals surface area contributed by atoms with Crippen LogP contribution >= 0.6 is 0 Å². The summed E-state index contributed by atoms with van der Waals surface area (Å²) in [6.07, 6.45) is 4.75. The summed E-state index contributed by atoms with van der Waals surface area (Å²) in [6, 6.07) is 10.7. The molecule has 2 aliphatic rings. The summed E-state index contributed by atoms with van der Waals surface area (Å²) in [6.45, 7) is 4.56. The normalized spacial score (nSPS) is 19.4. The van der Waals surface area contributed by atoms with Crippen LogP contribution in [0, 0.1) is 0 Å². The molecule has 1 saturated heterocycles. The molecule has 1 fully saturated rings. The van der Waals surface area contributed by atoms with E-state index in [9.17, 15) is 13.2 Å². The highest BCUT2D eigenvalue weighted by molar-refractivity contribution is 7.90. The molecule has 0 saturated carbocycles. The van der Waals surface area contributed by atoms with Gasteiger partial charge < -0.3 is 9.32 Å². The van der Waals surface area contributed by atoms with Crippen molar-refractivity contribution in [1.29, 1.82) is 0 Å². The summed E-state index contributed by atoms with van der Waals surface area (Å²) in [4.78, 5) is 21.4. The van der Waals surface area contributed by atoms with Crippen molar-refractivity contribution in [3.63, 3.8) is 0 Å². The predicted octanol–water partition coefficient (Wildman–Crippen LogP) is 2.22. The SMILES string of the molecule is O=C(CCCCCN=C1NS(=O)(=O)c2ccccc21)N1CCN(Cc2ccco2)CC1. The van der Waals surface area contributed by atoms with E-state index in [1.54, 1.807) is 30.5 Å². The summed E-state index contributed by atoms with van der Waals surface area (Å²) in [5.74, 6) is 1.58. The Morgan fingerprint density at radius 3 is 2.61 bits per heavy atom. The molecule has 0 aliphatic carbocycles. The largest absolute Gasteiger partial charge is 0.468 e. The maximum absolute atomic E-state index is 12.5. The lowest BCUT2D eigenvalue weighted by Gasteiger charge is -2.34. The minimum atomic E-state index is -3.48. The van der Waals surface area contributed by atoms with Gasteiger partial charge in [-0.15, -0.1) is 0 Å². The number of unbranched alkanes of at least 4 members (excludes halogenated alkanes) is 2. The second-order valence-corrected chi connectivity index (χ2v) is 9.53. The van der Waals surface area contributed by atoms with Crippen molar-refractivity contribution in [3.05, 3.63) is 54.0 Å². The van der Waals surface area contributed by atoms with Crippen LogP contribution in [-0.4, -0.2) is 62.7 Å². The highest BCUT2D eigenvalue weighted by Crippen LogP contribution is 2.22. The summed E-state index contributed by atoms with van der Waals surface area (Å²) >= 11 is 0. The average Bonchev–Trinajstić information content (AvgIpc) is 3.37. The number of benzene rings is 1. The molecule has 1 aromatic heterocycles. The average molecular weight is 445 g/mol. The van der Waals surface area contributed by atoms with E-state index in [4.69, 9.17) is 4.42 Å². The number of nitrogens with one attached hydrogen (secondary N) is 1. The van der Waals surface area contributed by atoms with Gasteiger partial charge in [0.2, 0.25) is 5.91 Å². The van der Waals surface area contributed by atoms with E-state index in [0.29, 0.717) is 24.4 Å². The van der Waals surface area contributed by atoms with Crippen molar-refractivity contribution in [3.8, 4) is 0 Å². The smallest absolute Gasteiger partial charge is 0.263 e. The molecule has 1 amide bonds. The van der Waals surface area contributed by atoms with Crippen molar-refractivity contribution in [2.45, 2.75) is 37.1 Å². The zero-order valence-electron chi connectivity index (χ0n) is 17.5. The standard InChI is InChI=1S/C22H28N4O4S/c27-21(26-14-12-25(13-15-26)17-18-7-6-16-30-18)10-2-1-5-11-23-22-19-8-3-4-9-20(19)31(28,29)24-22/h3-4,6-9,16H,1-2,5,10-15,17H2,(H,23,24). The highest BCUT2D eigenvalue weighted by atomic mass is 32.2. The number of furan rings is 1. The van der Waals surface area contributed by atoms with Crippen LogP contribution < -0.4 is 4.72 Å². The fourth-order valence-corrected chi connectivity index (χ4v) is 5.19. The molecule has 3 heterocycles. The van der Waals surface area contributed by atoms with Gasteiger partial charge in [0.1, 0.15) is 11.6 Å². The Balaban J connectivity index is 1.14. The van der Waals surface area contributed by atoms with Gasteiger partial charge in [-0.3, -0.25) is 19.4 Å². The third kappa shape index (κ3) is 5.34. The number of aliphatic imine (C=N–C) groups is 1. The van der Waals surface area contributed by atoms with Gasteiger partial charge in [-0.25, -0.2) is 8.42 Å². The third-order valence-electron chi connectivity index (χ3n) is 5.67. The molecule has 4 rings (SSSR count). The molecule has 2 aliphatic heterocycles. The number of amidine groups is 1. The van der Waals surface area contributed by atoms with E-state index < -0.39 is 10.0 Å². The number of nitrogens with zero attached hydrogens (tertiary/aromatic N) is 3. The first-order chi connectivity index (χ1) is 15.0. The van der Waals surface area contributed by atoms with Crippen LogP contribution in [-0.2, 0) is 21.4 Å². The molecule has 0 unspecified atom stereocenters. The Hall–Kier alpha value is -2.65. The first-order valence-corrected chi connectivity index (χ1v) is 12.2. The number of carbonyl (C=O) groups is 1. The lowest BCUT2D eigenvalue weighted by molar-refractivity contribution is -0.133. The van der Waals surface area contributed by atoms with E-state index in [1.807, 2.05) is 17.0 Å². The topological polar surface area (TPSA) is 95.2 Å². The van der Waals surface area contributed by atoms with Crippen molar-refractivity contribution < 1.29 is 17.6 Å². The van der Waals surface area contributed by atoms with Gasteiger partial charge in [0, 0.05) is 44.7 Å². The molecule has 0 radical (unpaired) electrons. The second-order valence-electron chi connectivity index (χ2n) is 7.88. The van der Waals surface area contributed by atoms with Crippen molar-refractivity contribution >= 4 is 21.8 Å². The molecule has 8 nitrogen and oxygen atoms in total. The maximum Gasteiger partial charge on any atom is 0.263 e. The molecule has 0 spiro atoms. The quantitative estimate of drug-likeness (QED) is 0.630. The fraction of sp³-hybridized carbons (Fsp3) is 0.455. The van der Waals surface area contributed by atoms with Gasteiger partial charge in [-0.2, -0.15) is 0 Å². The molecule has 1 aromatic carbocycles. The Labute approximate surface area is 183 Å². The predicted molar refractivity (Wildman–Crippen MR) is 117 cm³/mol. The Kier molecular flexibility index (Phi) is 6.72. The molecular formula is C22H28N4O4S. The van der Waals surface area contributed by atoms with E-state index in [2.05, 4.69) is 14.6 Å². The third-order valence-corrected chi connectivity index (χ3v) is 7.06. The zero-order chi connectivity index (χ0) is 21.7. The number of amides is 1. The highest BCUT2D eigenvalue weighted by Gasteiger charge is 2.29. The van der Waals surface area contributed by atoms with Gasteiger partial charge in [0.05, 0.1) is 17.7 Å². The van der Waals surface area contributed by atoms with E-state index in [1.165, 1.54) is 0 Å². The van der Waals surface area contributed by atoms with Gasteiger partial charge in [-0.05, 0) is 37.1 Å². The lowest BCUT2D eigenvalue weighted by Crippen LogP contribution is -2.48. The molecule has 31 heavy (non-hydrogen) atoms. The lowest BCUT2D eigenvalue weighted by atomic mass is 10.1. The maximum atomic E-state index is 12.5. The van der Waals surface area contributed by atoms with Crippen LogP contribution in [0.25, 0.3) is 0 Å². The van der Waals surface area contributed by atoms with E-state index in [0.717, 1.165) is 57.7 Å². The Bertz CT molecular complexity index is 1030. The van der Waals surface area contributed by atoms with Crippen LogP contribution in [0.4, 0.5) is 0 Å². The Morgan fingerprint density at radius 2 is 1.84 bits per heavy atom. The molecule has 0 bridgehead atoms. The molecule has 1 N–H and O–H groups in total. The fourth-order valence-electron chi connectivity index (χ4n) is 3.94. The van der Waals surface area contributed by atoms with E-state index in [-0.39, 0.29) is 10.8 Å². The molecule has 9 heteroatoms. The van der Waals surface area contributed by atoms with Crippen LogP contribution in [0.2, 0.25) is 0 Å². The summed E-state index contributed by atoms with van der Waals surface area (Å²) in [5.41, 5.74) is 0.629. The van der Waals surface area contributed by atoms with Crippen LogP contribution in [0.3, 0.4) is 0 Å². The summed E-state index contributed by atoms with van der Waals surface area (Å²) < 4.78 is 32.1. The Morgan fingerprint density at radius 1 is 1.03 bits per heavy atom.